The maximum Gasteiger partial charge on any atom is 0.0786 e. The van der Waals surface area contributed by atoms with Gasteiger partial charge in [0.15, 0.2) is 0 Å². The van der Waals surface area contributed by atoms with Crippen molar-refractivity contribution in [2.75, 3.05) is 0 Å². The van der Waals surface area contributed by atoms with Gasteiger partial charge < -0.3 is 0 Å². The summed E-state index contributed by atoms with van der Waals surface area (Å²) >= 11 is 0. The summed E-state index contributed by atoms with van der Waals surface area (Å²) in [5, 5.41) is 8.55. The van der Waals surface area contributed by atoms with E-state index in [9.17, 15) is 0 Å². The first-order chi connectivity index (χ1) is 22.8. The Morgan fingerprint density at radius 3 is 1.59 bits per heavy atom. The van der Waals surface area contributed by atoms with Crippen molar-refractivity contribution in [2.24, 2.45) is 0 Å². The number of rotatable bonds is 4. The first-order valence-electron chi connectivity index (χ1n) is 15.8. The van der Waals surface area contributed by atoms with Gasteiger partial charge in [0.1, 0.15) is 0 Å². The highest BCUT2D eigenvalue weighted by Gasteiger charge is 2.19. The van der Waals surface area contributed by atoms with E-state index < -0.39 is 0 Å². The Balaban J connectivity index is 1.29. The molecule has 0 bridgehead atoms. The third-order valence-corrected chi connectivity index (χ3v) is 9.28. The molecule has 1 heterocycles. The van der Waals surface area contributed by atoms with Crippen LogP contribution in [-0.2, 0) is 0 Å². The van der Waals surface area contributed by atoms with Crippen LogP contribution in [0, 0.1) is 0 Å². The molecule has 0 spiro atoms. The molecule has 0 amide bonds. The summed E-state index contributed by atoms with van der Waals surface area (Å²) < 4.78 is 0. The third-order valence-electron chi connectivity index (χ3n) is 9.28. The van der Waals surface area contributed by atoms with E-state index in [1.165, 1.54) is 76.8 Å². The second-order valence-corrected chi connectivity index (χ2v) is 11.9. The van der Waals surface area contributed by atoms with Crippen molar-refractivity contribution < 1.29 is 0 Å². The Hall–Kier alpha value is -6.05. The first-order valence-corrected chi connectivity index (χ1v) is 15.8. The van der Waals surface area contributed by atoms with Crippen LogP contribution >= 0.6 is 0 Å². The molecule has 0 fully saturated rings. The van der Waals surface area contributed by atoms with Gasteiger partial charge in [-0.3, -0.25) is 4.98 Å². The molecule has 0 radical (unpaired) electrons. The lowest BCUT2D eigenvalue weighted by Crippen LogP contribution is -1.93. The predicted octanol–water partition coefficient (Wildman–Crippen LogP) is 12.4. The van der Waals surface area contributed by atoms with Gasteiger partial charge in [0.05, 0.1) is 5.52 Å². The molecule has 214 valence electrons. The molecule has 9 aromatic rings. The van der Waals surface area contributed by atoms with Crippen LogP contribution in [0.4, 0.5) is 0 Å². The number of hydrogen-bond donors (Lipinski definition) is 0. The largest absolute Gasteiger partial charge is 0.256 e. The van der Waals surface area contributed by atoms with Crippen LogP contribution in [0.15, 0.2) is 176 Å². The van der Waals surface area contributed by atoms with Crippen molar-refractivity contribution in [3.63, 3.8) is 0 Å². The molecule has 0 aliphatic carbocycles. The van der Waals surface area contributed by atoms with Crippen LogP contribution in [0.25, 0.3) is 87.7 Å². The van der Waals surface area contributed by atoms with E-state index in [0.29, 0.717) is 0 Å². The molecular formula is C45H29N. The third kappa shape index (κ3) is 4.37. The van der Waals surface area contributed by atoms with Gasteiger partial charge in [-0.2, -0.15) is 0 Å². The van der Waals surface area contributed by atoms with Crippen LogP contribution in [0.3, 0.4) is 0 Å². The predicted molar refractivity (Wildman–Crippen MR) is 196 cm³/mol. The van der Waals surface area contributed by atoms with Gasteiger partial charge in [0.25, 0.3) is 0 Å². The van der Waals surface area contributed by atoms with E-state index in [-0.39, 0.29) is 0 Å². The molecule has 1 nitrogen and oxygen atoms in total. The molecule has 46 heavy (non-hydrogen) atoms. The Bertz CT molecular complexity index is 2550. The molecule has 0 saturated carbocycles. The fraction of sp³-hybridized carbons (Fsp3) is 0. The Kier molecular flexibility index (Phi) is 6.21. The highest BCUT2D eigenvalue weighted by atomic mass is 14.6. The van der Waals surface area contributed by atoms with E-state index in [1.807, 2.05) is 12.3 Å². The van der Waals surface area contributed by atoms with Crippen molar-refractivity contribution >= 4 is 43.2 Å². The zero-order chi connectivity index (χ0) is 30.5. The standard InChI is InChI=1S/C45H29N/c1-3-11-33(12-4-1)42-40-26-23-35-16-9-27-46-45(35)44(40)43(34-13-5-2-6-14-34)39-25-24-38(29-41(39)42)32-19-17-31(18-20-32)37-22-21-30-10-7-8-15-36(30)28-37/h1-29H. The van der Waals surface area contributed by atoms with Crippen LogP contribution in [0.5, 0.6) is 0 Å². The summed E-state index contributed by atoms with van der Waals surface area (Å²) in [6, 6.07) is 61.5. The molecule has 9 rings (SSSR count). The molecule has 0 atom stereocenters. The van der Waals surface area contributed by atoms with E-state index in [4.69, 9.17) is 4.98 Å². The lowest BCUT2D eigenvalue weighted by atomic mass is 9.84. The minimum atomic E-state index is 1.03. The summed E-state index contributed by atoms with van der Waals surface area (Å²) in [5.41, 5.74) is 10.8. The zero-order valence-corrected chi connectivity index (χ0v) is 25.2. The maximum atomic E-state index is 4.95. The number of pyridine rings is 1. The summed E-state index contributed by atoms with van der Waals surface area (Å²) in [6.45, 7) is 0. The molecule has 1 heteroatoms. The quantitative estimate of drug-likeness (QED) is 0.148. The normalized spacial score (nSPS) is 11.5. The molecule has 0 aliphatic heterocycles. The summed E-state index contributed by atoms with van der Waals surface area (Å²) in [6.07, 6.45) is 1.91. The van der Waals surface area contributed by atoms with Gasteiger partial charge in [0.2, 0.25) is 0 Å². The topological polar surface area (TPSA) is 12.9 Å². The zero-order valence-electron chi connectivity index (χ0n) is 25.2. The number of benzene rings is 8. The molecular weight excluding hydrogens is 555 g/mol. The summed E-state index contributed by atoms with van der Waals surface area (Å²) in [5.74, 6) is 0. The van der Waals surface area contributed by atoms with Crippen LogP contribution in [0.1, 0.15) is 0 Å². The van der Waals surface area contributed by atoms with Gasteiger partial charge in [-0.25, -0.2) is 0 Å². The molecule has 0 N–H and O–H groups in total. The average molecular weight is 584 g/mol. The fourth-order valence-electron chi connectivity index (χ4n) is 7.08. The fourth-order valence-corrected chi connectivity index (χ4v) is 7.08. The molecule has 0 unspecified atom stereocenters. The molecule has 1 aromatic heterocycles. The Labute approximate surface area is 268 Å². The van der Waals surface area contributed by atoms with E-state index >= 15 is 0 Å². The van der Waals surface area contributed by atoms with E-state index in [0.717, 1.165) is 10.9 Å². The van der Waals surface area contributed by atoms with Crippen molar-refractivity contribution in [3.8, 4) is 44.5 Å². The summed E-state index contributed by atoms with van der Waals surface area (Å²) in [7, 11) is 0. The monoisotopic (exact) mass is 583 g/mol. The maximum absolute atomic E-state index is 4.95. The highest BCUT2D eigenvalue weighted by Crippen LogP contribution is 2.46. The number of aromatic nitrogens is 1. The lowest BCUT2D eigenvalue weighted by Gasteiger charge is -2.20. The highest BCUT2D eigenvalue weighted by molar-refractivity contribution is 6.27. The Morgan fingerprint density at radius 1 is 0.304 bits per heavy atom. The van der Waals surface area contributed by atoms with Gasteiger partial charge in [-0.1, -0.05) is 152 Å². The van der Waals surface area contributed by atoms with Crippen molar-refractivity contribution in [1.82, 2.24) is 4.98 Å². The summed E-state index contributed by atoms with van der Waals surface area (Å²) in [4.78, 5) is 4.95. The second kappa shape index (κ2) is 10.8. The van der Waals surface area contributed by atoms with Crippen LogP contribution in [0.2, 0.25) is 0 Å². The number of hydrogen-bond acceptors (Lipinski definition) is 1. The van der Waals surface area contributed by atoms with Gasteiger partial charge >= 0.3 is 0 Å². The minimum absolute atomic E-state index is 1.03. The van der Waals surface area contributed by atoms with E-state index in [1.54, 1.807) is 0 Å². The molecule has 0 aliphatic rings. The number of nitrogens with zero attached hydrogens (tertiary/aromatic N) is 1. The molecule has 0 saturated heterocycles. The van der Waals surface area contributed by atoms with Gasteiger partial charge in [-0.15, -0.1) is 0 Å². The average Bonchev–Trinajstić information content (AvgIpc) is 3.14. The van der Waals surface area contributed by atoms with Crippen molar-refractivity contribution in [3.05, 3.63) is 176 Å². The minimum Gasteiger partial charge on any atom is -0.256 e. The van der Waals surface area contributed by atoms with Crippen molar-refractivity contribution in [1.29, 1.82) is 0 Å². The van der Waals surface area contributed by atoms with E-state index in [2.05, 4.69) is 164 Å². The smallest absolute Gasteiger partial charge is 0.0786 e. The van der Waals surface area contributed by atoms with Crippen LogP contribution < -0.4 is 0 Å². The van der Waals surface area contributed by atoms with Gasteiger partial charge in [0, 0.05) is 17.0 Å². The van der Waals surface area contributed by atoms with Gasteiger partial charge in [-0.05, 0) is 89.6 Å². The van der Waals surface area contributed by atoms with Crippen molar-refractivity contribution in [2.45, 2.75) is 0 Å². The first kappa shape index (κ1) is 26.4. The second-order valence-electron chi connectivity index (χ2n) is 11.9. The van der Waals surface area contributed by atoms with Crippen LogP contribution in [-0.4, -0.2) is 4.98 Å². The lowest BCUT2D eigenvalue weighted by molar-refractivity contribution is 1.43. The SMILES string of the molecule is c1ccc(-c2c3cc(-c4ccc(-c5ccc6ccccc6c5)cc4)ccc3c(-c3ccccc3)c3c2ccc2cccnc23)cc1. The molecule has 8 aromatic carbocycles. The number of fused-ring (bicyclic) bond motifs is 5. The Morgan fingerprint density at radius 2 is 0.848 bits per heavy atom.